The van der Waals surface area contributed by atoms with Crippen LogP contribution < -0.4 is 0 Å². The van der Waals surface area contributed by atoms with Crippen molar-refractivity contribution in [2.45, 2.75) is 32.7 Å². The number of aliphatic hydroxyl groups excluding tert-OH is 1. The van der Waals surface area contributed by atoms with Crippen molar-refractivity contribution in [3.63, 3.8) is 0 Å². The lowest BCUT2D eigenvalue weighted by Crippen LogP contribution is -2.41. The number of nitrogens with zero attached hydrogens (tertiary/aromatic N) is 1. The molecule has 0 spiro atoms. The van der Waals surface area contributed by atoms with E-state index in [2.05, 4.69) is 13.8 Å². The van der Waals surface area contributed by atoms with Crippen LogP contribution in [0.2, 0.25) is 0 Å². The Hall–Kier alpha value is -1.39. The third-order valence-electron chi connectivity index (χ3n) is 3.70. The van der Waals surface area contributed by atoms with Gasteiger partial charge in [0, 0.05) is 28.1 Å². The van der Waals surface area contributed by atoms with Crippen LogP contribution in [0.4, 0.5) is 0 Å². The van der Waals surface area contributed by atoms with E-state index < -0.39 is 0 Å². The van der Waals surface area contributed by atoms with Crippen LogP contribution in [0.15, 0.2) is 29.6 Å². The molecule has 108 valence electrons. The number of aliphatic hydroxyl groups is 1. The molecule has 0 fully saturated rings. The number of thiophene rings is 1. The van der Waals surface area contributed by atoms with E-state index >= 15 is 0 Å². The van der Waals surface area contributed by atoms with Crippen LogP contribution in [0.5, 0.6) is 0 Å². The molecule has 0 radical (unpaired) electrons. The molecule has 1 N–H and O–H groups in total. The quantitative estimate of drug-likeness (QED) is 0.884. The number of hydrogen-bond acceptors (Lipinski definition) is 3. The van der Waals surface area contributed by atoms with Gasteiger partial charge in [0.2, 0.25) is 0 Å². The molecule has 0 bridgehead atoms. The highest BCUT2D eigenvalue weighted by atomic mass is 32.1. The normalized spacial score (nSPS) is 11.2. The SMILES string of the molecule is CCC(CC)N(CCO)C(=O)c1csc2ccccc12. The van der Waals surface area contributed by atoms with Gasteiger partial charge >= 0.3 is 0 Å². The van der Waals surface area contributed by atoms with Crippen LogP contribution in [-0.2, 0) is 0 Å². The number of hydrogen-bond donors (Lipinski definition) is 1. The molecule has 0 atom stereocenters. The molecule has 0 unspecified atom stereocenters. The molecule has 20 heavy (non-hydrogen) atoms. The number of carbonyl (C=O) groups excluding carboxylic acids is 1. The molecule has 0 aliphatic heterocycles. The van der Waals surface area contributed by atoms with Gasteiger partial charge in [-0.15, -0.1) is 11.3 Å². The minimum Gasteiger partial charge on any atom is -0.395 e. The van der Waals surface area contributed by atoms with Gasteiger partial charge in [0.25, 0.3) is 5.91 Å². The average molecular weight is 291 g/mol. The van der Waals surface area contributed by atoms with E-state index in [4.69, 9.17) is 0 Å². The number of carbonyl (C=O) groups is 1. The van der Waals surface area contributed by atoms with Crippen molar-refractivity contribution in [3.05, 3.63) is 35.2 Å². The van der Waals surface area contributed by atoms with Gasteiger partial charge in [0.05, 0.1) is 12.2 Å². The average Bonchev–Trinajstić information content (AvgIpc) is 2.91. The summed E-state index contributed by atoms with van der Waals surface area (Å²) in [7, 11) is 0. The summed E-state index contributed by atoms with van der Waals surface area (Å²) in [6, 6.07) is 8.15. The number of amides is 1. The van der Waals surface area contributed by atoms with Crippen LogP contribution in [0.1, 0.15) is 37.0 Å². The molecular weight excluding hydrogens is 270 g/mol. The van der Waals surface area contributed by atoms with E-state index in [0.717, 1.165) is 28.5 Å². The maximum Gasteiger partial charge on any atom is 0.255 e. The zero-order valence-electron chi connectivity index (χ0n) is 12.0. The Bertz CT molecular complexity index is 575. The third kappa shape index (κ3) is 2.86. The molecule has 2 rings (SSSR count). The van der Waals surface area contributed by atoms with Crippen molar-refractivity contribution in [2.24, 2.45) is 0 Å². The first-order valence-electron chi connectivity index (χ1n) is 7.10. The zero-order chi connectivity index (χ0) is 14.5. The molecule has 3 nitrogen and oxygen atoms in total. The van der Waals surface area contributed by atoms with Crippen molar-refractivity contribution in [1.82, 2.24) is 4.90 Å². The van der Waals surface area contributed by atoms with E-state index in [0.29, 0.717) is 6.54 Å². The minimum absolute atomic E-state index is 0.00428. The van der Waals surface area contributed by atoms with Crippen molar-refractivity contribution in [2.75, 3.05) is 13.2 Å². The molecule has 0 saturated carbocycles. The lowest BCUT2D eigenvalue weighted by molar-refractivity contribution is 0.0625. The predicted molar refractivity (Wildman–Crippen MR) is 84.3 cm³/mol. The third-order valence-corrected chi connectivity index (χ3v) is 4.66. The zero-order valence-corrected chi connectivity index (χ0v) is 12.8. The van der Waals surface area contributed by atoms with E-state index in [1.165, 1.54) is 0 Å². The summed E-state index contributed by atoms with van der Waals surface area (Å²) in [6.07, 6.45) is 1.81. The summed E-state index contributed by atoms with van der Waals surface area (Å²) in [4.78, 5) is 14.6. The molecule has 4 heteroatoms. The fourth-order valence-corrected chi connectivity index (χ4v) is 3.52. The minimum atomic E-state index is 0.00428. The van der Waals surface area contributed by atoms with Gasteiger partial charge in [-0.25, -0.2) is 0 Å². The van der Waals surface area contributed by atoms with E-state index in [1.54, 1.807) is 11.3 Å². The van der Waals surface area contributed by atoms with Crippen LogP contribution in [0, 0.1) is 0 Å². The van der Waals surface area contributed by atoms with Gasteiger partial charge < -0.3 is 10.0 Å². The number of fused-ring (bicyclic) bond motifs is 1. The molecule has 0 aliphatic rings. The topological polar surface area (TPSA) is 40.5 Å². The summed E-state index contributed by atoms with van der Waals surface area (Å²) in [6.45, 7) is 4.56. The lowest BCUT2D eigenvalue weighted by atomic mass is 10.1. The molecular formula is C16H21NO2S. The van der Waals surface area contributed by atoms with Crippen molar-refractivity contribution in [1.29, 1.82) is 0 Å². The maximum absolute atomic E-state index is 12.8. The second-order valence-electron chi connectivity index (χ2n) is 4.84. The fraction of sp³-hybridized carbons (Fsp3) is 0.438. The van der Waals surface area contributed by atoms with Crippen LogP contribution >= 0.6 is 11.3 Å². The van der Waals surface area contributed by atoms with E-state index in [9.17, 15) is 9.90 Å². The summed E-state index contributed by atoms with van der Waals surface area (Å²) >= 11 is 1.59. The Morgan fingerprint density at radius 2 is 2.00 bits per heavy atom. The first-order valence-corrected chi connectivity index (χ1v) is 7.98. The Morgan fingerprint density at radius 3 is 2.65 bits per heavy atom. The molecule has 1 amide bonds. The van der Waals surface area contributed by atoms with Crippen molar-refractivity contribution >= 4 is 27.3 Å². The first kappa shape index (κ1) is 15.0. The van der Waals surface area contributed by atoms with Gasteiger partial charge in [0.1, 0.15) is 0 Å². The maximum atomic E-state index is 12.8. The highest BCUT2D eigenvalue weighted by molar-refractivity contribution is 7.17. The van der Waals surface area contributed by atoms with Crippen molar-refractivity contribution in [3.8, 4) is 0 Å². The highest BCUT2D eigenvalue weighted by Crippen LogP contribution is 2.27. The van der Waals surface area contributed by atoms with Gasteiger partial charge in [-0.3, -0.25) is 4.79 Å². The van der Waals surface area contributed by atoms with Gasteiger partial charge in [-0.1, -0.05) is 32.0 Å². The predicted octanol–water partition coefficient (Wildman–Crippen LogP) is 3.52. The molecule has 2 aromatic rings. The molecule has 0 saturated heterocycles. The van der Waals surface area contributed by atoms with Crippen LogP contribution in [-0.4, -0.2) is 35.1 Å². The lowest BCUT2D eigenvalue weighted by Gasteiger charge is -2.30. The Kier molecular flexibility index (Phi) is 5.15. The standard InChI is InChI=1S/C16H21NO2S/c1-3-12(4-2)17(9-10-18)16(19)14-11-20-15-8-6-5-7-13(14)15/h5-8,11-12,18H,3-4,9-10H2,1-2H3. The second-order valence-corrected chi connectivity index (χ2v) is 5.75. The summed E-state index contributed by atoms with van der Waals surface area (Å²) < 4.78 is 1.13. The number of rotatable bonds is 6. The van der Waals surface area contributed by atoms with Crippen molar-refractivity contribution < 1.29 is 9.90 Å². The summed E-state index contributed by atoms with van der Waals surface area (Å²) in [5.74, 6) is 0.0326. The van der Waals surface area contributed by atoms with E-state index in [-0.39, 0.29) is 18.6 Å². The summed E-state index contributed by atoms with van der Waals surface area (Å²) in [5.41, 5.74) is 0.756. The second kappa shape index (κ2) is 6.86. The van der Waals surface area contributed by atoms with Crippen LogP contribution in [0.25, 0.3) is 10.1 Å². The smallest absolute Gasteiger partial charge is 0.255 e. The van der Waals surface area contributed by atoms with Gasteiger partial charge in [-0.2, -0.15) is 0 Å². The Morgan fingerprint density at radius 1 is 1.30 bits per heavy atom. The van der Waals surface area contributed by atoms with Gasteiger partial charge in [0.15, 0.2) is 0 Å². The molecule has 0 aliphatic carbocycles. The monoisotopic (exact) mass is 291 g/mol. The Balaban J connectivity index is 2.36. The molecule has 1 heterocycles. The molecule has 1 aromatic carbocycles. The highest BCUT2D eigenvalue weighted by Gasteiger charge is 2.23. The fourth-order valence-electron chi connectivity index (χ4n) is 2.59. The van der Waals surface area contributed by atoms with Gasteiger partial charge in [-0.05, 0) is 18.9 Å². The largest absolute Gasteiger partial charge is 0.395 e. The van der Waals surface area contributed by atoms with Crippen LogP contribution in [0.3, 0.4) is 0 Å². The summed E-state index contributed by atoms with van der Waals surface area (Å²) in [5, 5.41) is 12.2. The number of benzene rings is 1. The van der Waals surface area contributed by atoms with E-state index in [1.807, 2.05) is 34.5 Å². The Labute approximate surface area is 123 Å². The first-order chi connectivity index (χ1) is 9.72. The molecule has 1 aromatic heterocycles.